The van der Waals surface area contributed by atoms with Crippen LogP contribution >= 0.6 is 0 Å². The molecule has 0 saturated carbocycles. The number of rotatable bonds is 6. The van der Waals surface area contributed by atoms with E-state index in [1.807, 2.05) is 26.8 Å². The lowest BCUT2D eigenvalue weighted by molar-refractivity contribution is -0.128. The van der Waals surface area contributed by atoms with Crippen molar-refractivity contribution >= 4 is 11.9 Å². The van der Waals surface area contributed by atoms with Gasteiger partial charge in [-0.25, -0.2) is 0 Å². The van der Waals surface area contributed by atoms with Crippen molar-refractivity contribution in [3.05, 3.63) is 35.9 Å². The number of carbonyl (C=O) groups is 1. The summed E-state index contributed by atoms with van der Waals surface area (Å²) in [6.45, 7) is 12.1. The molecule has 5 heteroatoms. The molecule has 1 aromatic rings. The summed E-state index contributed by atoms with van der Waals surface area (Å²) < 4.78 is 0. The summed E-state index contributed by atoms with van der Waals surface area (Å²) in [6.07, 6.45) is 0. The van der Waals surface area contributed by atoms with Crippen LogP contribution in [0.25, 0.3) is 0 Å². The fraction of sp³-hybridized carbons (Fsp3) is 0.579. The van der Waals surface area contributed by atoms with Gasteiger partial charge in [-0.3, -0.25) is 9.79 Å². The Hall–Kier alpha value is -2.04. The Morgan fingerprint density at radius 3 is 2.08 bits per heavy atom. The molecule has 0 aliphatic heterocycles. The summed E-state index contributed by atoms with van der Waals surface area (Å²) in [5, 5.41) is 9.49. The number of nitrogens with one attached hydrogen (secondary N) is 3. The summed E-state index contributed by atoms with van der Waals surface area (Å²) >= 11 is 0. The van der Waals surface area contributed by atoms with Crippen LogP contribution in [-0.4, -0.2) is 38.5 Å². The molecule has 0 aromatic heterocycles. The summed E-state index contributed by atoms with van der Waals surface area (Å²) in [5.74, 6) is 0.793. The van der Waals surface area contributed by atoms with Crippen molar-refractivity contribution < 1.29 is 4.79 Å². The van der Waals surface area contributed by atoms with Crippen molar-refractivity contribution in [1.29, 1.82) is 0 Å². The first-order valence-corrected chi connectivity index (χ1v) is 8.45. The minimum atomic E-state index is -0.361. The van der Waals surface area contributed by atoms with E-state index >= 15 is 0 Å². The molecular formula is C19H32N4O. The molecule has 0 unspecified atom stereocenters. The van der Waals surface area contributed by atoms with Crippen LogP contribution in [0.2, 0.25) is 0 Å². The lowest BCUT2D eigenvalue weighted by Crippen LogP contribution is -2.46. The van der Waals surface area contributed by atoms with Crippen molar-refractivity contribution in [2.45, 2.75) is 40.0 Å². The highest BCUT2D eigenvalue weighted by molar-refractivity contribution is 5.81. The number of benzene rings is 1. The largest absolute Gasteiger partial charge is 0.356 e. The predicted molar refractivity (Wildman–Crippen MR) is 101 cm³/mol. The lowest BCUT2D eigenvalue weighted by Gasteiger charge is -2.27. The van der Waals surface area contributed by atoms with Crippen LogP contribution in [0.3, 0.4) is 0 Å². The fourth-order valence-corrected chi connectivity index (χ4v) is 2.14. The molecule has 134 valence electrons. The van der Waals surface area contributed by atoms with Gasteiger partial charge >= 0.3 is 0 Å². The third-order valence-electron chi connectivity index (χ3n) is 3.86. The maximum atomic E-state index is 11.8. The van der Waals surface area contributed by atoms with Gasteiger partial charge in [0.15, 0.2) is 5.96 Å². The second-order valence-corrected chi connectivity index (χ2v) is 7.61. The zero-order valence-electron chi connectivity index (χ0n) is 15.9. The van der Waals surface area contributed by atoms with Crippen LogP contribution in [0.1, 0.15) is 40.2 Å². The molecule has 3 N–H and O–H groups in total. The smallest absolute Gasteiger partial charge is 0.225 e. The van der Waals surface area contributed by atoms with Gasteiger partial charge in [-0.2, -0.15) is 0 Å². The Bertz CT molecular complexity index is 544. The lowest BCUT2D eigenvalue weighted by atomic mass is 9.85. The van der Waals surface area contributed by atoms with E-state index in [-0.39, 0.29) is 16.7 Å². The topological polar surface area (TPSA) is 65.5 Å². The number of amides is 1. The highest BCUT2D eigenvalue weighted by Gasteiger charge is 2.21. The van der Waals surface area contributed by atoms with Gasteiger partial charge in [0.05, 0.1) is 0 Å². The maximum Gasteiger partial charge on any atom is 0.225 e. The number of hydrogen-bond donors (Lipinski definition) is 3. The number of guanidine groups is 1. The fourth-order valence-electron chi connectivity index (χ4n) is 2.14. The molecular weight excluding hydrogens is 300 g/mol. The van der Waals surface area contributed by atoms with E-state index in [0.29, 0.717) is 13.1 Å². The second-order valence-electron chi connectivity index (χ2n) is 7.61. The number of hydrogen-bond acceptors (Lipinski definition) is 2. The molecule has 0 radical (unpaired) electrons. The SMILES string of the molecule is CN=C(NCCNC(=O)C(C)(C)C)NCC(C)(C)c1ccccc1. The minimum absolute atomic E-state index is 0.000664. The molecule has 0 spiro atoms. The van der Waals surface area contributed by atoms with Crippen molar-refractivity contribution in [3.63, 3.8) is 0 Å². The normalized spacial score (nSPS) is 12.7. The molecule has 0 fully saturated rings. The zero-order chi connectivity index (χ0) is 18.2. The van der Waals surface area contributed by atoms with E-state index in [1.165, 1.54) is 5.56 Å². The maximum absolute atomic E-state index is 11.8. The standard InChI is InChI=1S/C19H32N4O/c1-18(2,3)16(24)21-12-13-22-17(20-6)23-14-19(4,5)15-10-8-7-9-11-15/h7-11H,12-14H2,1-6H3,(H,21,24)(H2,20,22,23). The number of aliphatic imine (C=N–C) groups is 1. The summed E-state index contributed by atoms with van der Waals surface area (Å²) in [6, 6.07) is 10.4. The first kappa shape index (κ1) is 20.0. The van der Waals surface area contributed by atoms with Gasteiger partial charge in [-0.1, -0.05) is 65.0 Å². The van der Waals surface area contributed by atoms with Gasteiger partial charge in [-0.15, -0.1) is 0 Å². The highest BCUT2D eigenvalue weighted by Crippen LogP contribution is 2.21. The van der Waals surface area contributed by atoms with Crippen LogP contribution in [0.5, 0.6) is 0 Å². The Morgan fingerprint density at radius 2 is 1.54 bits per heavy atom. The molecule has 0 saturated heterocycles. The Kier molecular flexibility index (Phi) is 7.26. The Balaban J connectivity index is 2.39. The Labute approximate surface area is 146 Å². The van der Waals surface area contributed by atoms with Crippen LogP contribution < -0.4 is 16.0 Å². The average molecular weight is 332 g/mol. The second kappa shape index (κ2) is 8.71. The summed E-state index contributed by atoms with van der Waals surface area (Å²) in [7, 11) is 1.75. The van der Waals surface area contributed by atoms with Gasteiger partial charge in [0.25, 0.3) is 0 Å². The van der Waals surface area contributed by atoms with Crippen molar-refractivity contribution in [2.75, 3.05) is 26.7 Å². The first-order valence-electron chi connectivity index (χ1n) is 8.45. The van der Waals surface area contributed by atoms with Gasteiger partial charge in [0.2, 0.25) is 5.91 Å². The molecule has 24 heavy (non-hydrogen) atoms. The van der Waals surface area contributed by atoms with Crippen LogP contribution in [0, 0.1) is 5.41 Å². The molecule has 0 aliphatic rings. The van der Waals surface area contributed by atoms with Crippen LogP contribution in [0.4, 0.5) is 0 Å². The molecule has 0 bridgehead atoms. The van der Waals surface area contributed by atoms with E-state index in [9.17, 15) is 4.79 Å². The van der Waals surface area contributed by atoms with Crippen molar-refractivity contribution in [3.8, 4) is 0 Å². The summed E-state index contributed by atoms with van der Waals surface area (Å²) in [5.41, 5.74) is 0.921. The van der Waals surface area contributed by atoms with Gasteiger partial charge in [0.1, 0.15) is 0 Å². The van der Waals surface area contributed by atoms with Gasteiger partial charge in [-0.05, 0) is 5.56 Å². The monoisotopic (exact) mass is 332 g/mol. The molecule has 0 aliphatic carbocycles. The van der Waals surface area contributed by atoms with Gasteiger partial charge < -0.3 is 16.0 Å². The van der Waals surface area contributed by atoms with E-state index in [2.05, 4.69) is 59.1 Å². The number of carbonyl (C=O) groups excluding carboxylic acids is 1. The van der Waals surface area contributed by atoms with Crippen LogP contribution in [0.15, 0.2) is 35.3 Å². The molecule has 0 atom stereocenters. The average Bonchev–Trinajstić information content (AvgIpc) is 2.54. The van der Waals surface area contributed by atoms with E-state index in [4.69, 9.17) is 0 Å². The molecule has 1 rings (SSSR count). The van der Waals surface area contributed by atoms with E-state index in [1.54, 1.807) is 7.05 Å². The summed E-state index contributed by atoms with van der Waals surface area (Å²) in [4.78, 5) is 16.0. The van der Waals surface area contributed by atoms with Crippen molar-refractivity contribution in [2.24, 2.45) is 10.4 Å². The van der Waals surface area contributed by atoms with E-state index in [0.717, 1.165) is 12.5 Å². The highest BCUT2D eigenvalue weighted by atomic mass is 16.2. The minimum Gasteiger partial charge on any atom is -0.356 e. The third-order valence-corrected chi connectivity index (χ3v) is 3.86. The van der Waals surface area contributed by atoms with E-state index < -0.39 is 0 Å². The quantitative estimate of drug-likeness (QED) is 0.425. The molecule has 5 nitrogen and oxygen atoms in total. The number of nitrogens with zero attached hydrogens (tertiary/aromatic N) is 1. The Morgan fingerprint density at radius 1 is 0.958 bits per heavy atom. The molecule has 1 aromatic carbocycles. The molecule has 1 amide bonds. The zero-order valence-corrected chi connectivity index (χ0v) is 15.9. The van der Waals surface area contributed by atoms with Gasteiger partial charge in [0, 0.05) is 37.5 Å². The van der Waals surface area contributed by atoms with Crippen molar-refractivity contribution in [1.82, 2.24) is 16.0 Å². The predicted octanol–water partition coefficient (Wildman–Crippen LogP) is 2.29. The van der Waals surface area contributed by atoms with Crippen LogP contribution in [-0.2, 0) is 10.2 Å². The first-order chi connectivity index (χ1) is 11.2. The third kappa shape index (κ3) is 6.60. The molecule has 0 heterocycles.